The van der Waals surface area contributed by atoms with Gasteiger partial charge in [0.15, 0.2) is 17.3 Å². The van der Waals surface area contributed by atoms with E-state index in [1.54, 1.807) is 48.4 Å². The van der Waals surface area contributed by atoms with Crippen molar-refractivity contribution in [2.75, 3.05) is 56.3 Å². The molecule has 1 aromatic heterocycles. The zero-order valence-electron chi connectivity index (χ0n) is 19.6. The van der Waals surface area contributed by atoms with Crippen molar-refractivity contribution in [3.63, 3.8) is 0 Å². The number of esters is 1. The van der Waals surface area contributed by atoms with Crippen molar-refractivity contribution in [3.05, 3.63) is 42.1 Å². The van der Waals surface area contributed by atoms with Gasteiger partial charge < -0.3 is 34.6 Å². The van der Waals surface area contributed by atoms with Gasteiger partial charge in [-0.2, -0.15) is 0 Å². The van der Waals surface area contributed by atoms with Crippen LogP contribution in [0.2, 0.25) is 0 Å². The Morgan fingerprint density at radius 1 is 1.09 bits per heavy atom. The van der Waals surface area contributed by atoms with Gasteiger partial charge in [-0.25, -0.2) is 9.78 Å². The van der Waals surface area contributed by atoms with Crippen molar-refractivity contribution >= 4 is 29.4 Å². The summed E-state index contributed by atoms with van der Waals surface area (Å²) in [6.45, 7) is 4.83. The summed E-state index contributed by atoms with van der Waals surface area (Å²) in [4.78, 5) is 44.9. The molecular weight excluding hydrogens is 454 g/mol. The average molecular weight is 484 g/mol. The van der Waals surface area contributed by atoms with Crippen molar-refractivity contribution in [1.82, 2.24) is 15.2 Å². The minimum absolute atomic E-state index is 0.144. The average Bonchev–Trinajstić information content (AvgIpc) is 3.35. The SMILES string of the molecule is CCOC(=O)CCCNC(=O)N1CCN(c2ncccc2NC(=O)c2ccc3c(c2)OCO3)CC1. The molecule has 3 heterocycles. The number of anilines is 2. The van der Waals surface area contributed by atoms with E-state index in [1.807, 2.05) is 4.90 Å². The molecule has 1 saturated heterocycles. The minimum atomic E-state index is -0.279. The molecular formula is C24H29N5O6. The molecule has 11 nitrogen and oxygen atoms in total. The number of hydrogen-bond donors (Lipinski definition) is 2. The number of piperazine rings is 1. The number of aromatic nitrogens is 1. The van der Waals surface area contributed by atoms with E-state index in [1.165, 1.54) is 0 Å². The van der Waals surface area contributed by atoms with Gasteiger partial charge in [-0.15, -0.1) is 0 Å². The van der Waals surface area contributed by atoms with Crippen LogP contribution in [0.5, 0.6) is 11.5 Å². The van der Waals surface area contributed by atoms with Crippen LogP contribution in [0.1, 0.15) is 30.1 Å². The highest BCUT2D eigenvalue weighted by Gasteiger charge is 2.24. The van der Waals surface area contributed by atoms with Gasteiger partial charge in [0.25, 0.3) is 5.91 Å². The van der Waals surface area contributed by atoms with E-state index >= 15 is 0 Å². The number of benzene rings is 1. The van der Waals surface area contributed by atoms with Crippen molar-refractivity contribution in [2.24, 2.45) is 0 Å². The van der Waals surface area contributed by atoms with E-state index < -0.39 is 0 Å². The molecule has 11 heteroatoms. The van der Waals surface area contributed by atoms with Crippen LogP contribution < -0.4 is 25.0 Å². The minimum Gasteiger partial charge on any atom is -0.466 e. The summed E-state index contributed by atoms with van der Waals surface area (Å²) in [7, 11) is 0. The molecule has 4 rings (SSSR count). The Hall–Kier alpha value is -4.02. The lowest BCUT2D eigenvalue weighted by molar-refractivity contribution is -0.143. The van der Waals surface area contributed by atoms with Gasteiger partial charge in [0.05, 0.1) is 12.3 Å². The maximum absolute atomic E-state index is 12.9. The molecule has 186 valence electrons. The second kappa shape index (κ2) is 11.4. The first-order valence-electron chi connectivity index (χ1n) is 11.6. The molecule has 2 aliphatic rings. The predicted octanol–water partition coefficient (Wildman–Crippen LogP) is 2.24. The Morgan fingerprint density at radius 2 is 1.89 bits per heavy atom. The van der Waals surface area contributed by atoms with Gasteiger partial charge in [0.1, 0.15) is 0 Å². The lowest BCUT2D eigenvalue weighted by Crippen LogP contribution is -2.52. The Bertz CT molecular complexity index is 1070. The van der Waals surface area contributed by atoms with E-state index in [2.05, 4.69) is 15.6 Å². The third kappa shape index (κ3) is 6.11. The second-order valence-electron chi connectivity index (χ2n) is 8.01. The first kappa shape index (κ1) is 24.1. The number of rotatable bonds is 8. The third-order valence-electron chi connectivity index (χ3n) is 5.68. The highest BCUT2D eigenvalue weighted by molar-refractivity contribution is 6.06. The lowest BCUT2D eigenvalue weighted by Gasteiger charge is -2.36. The Kier molecular flexibility index (Phi) is 7.86. The monoisotopic (exact) mass is 483 g/mol. The molecule has 0 spiro atoms. The highest BCUT2D eigenvalue weighted by atomic mass is 16.7. The molecule has 3 amide bonds. The summed E-state index contributed by atoms with van der Waals surface area (Å²) < 4.78 is 15.5. The maximum atomic E-state index is 12.9. The molecule has 35 heavy (non-hydrogen) atoms. The fourth-order valence-corrected chi connectivity index (χ4v) is 3.87. The number of amides is 3. The summed E-state index contributed by atoms with van der Waals surface area (Å²) in [5.74, 6) is 1.27. The number of carbonyl (C=O) groups excluding carboxylic acids is 3. The van der Waals surface area contributed by atoms with Crippen LogP contribution in [-0.4, -0.2) is 73.9 Å². The zero-order chi connectivity index (χ0) is 24.6. The van der Waals surface area contributed by atoms with Crippen LogP contribution in [0, 0.1) is 0 Å². The lowest BCUT2D eigenvalue weighted by atomic mass is 10.2. The smallest absolute Gasteiger partial charge is 0.317 e. The molecule has 0 saturated carbocycles. The van der Waals surface area contributed by atoms with Gasteiger partial charge >= 0.3 is 12.0 Å². The number of ether oxygens (including phenoxy) is 3. The number of carbonyl (C=O) groups is 3. The standard InChI is InChI=1S/C24H29N5O6/c1-2-33-21(30)6-4-10-26-24(32)29-13-11-28(12-14-29)22-18(5-3-9-25-22)27-23(31)17-7-8-19-20(15-17)35-16-34-19/h3,5,7-9,15H,2,4,6,10-14,16H2,1H3,(H,26,32)(H,27,31). The van der Waals surface area contributed by atoms with Crippen LogP contribution in [0.4, 0.5) is 16.3 Å². The van der Waals surface area contributed by atoms with E-state index in [9.17, 15) is 14.4 Å². The van der Waals surface area contributed by atoms with Crippen LogP contribution in [0.15, 0.2) is 36.5 Å². The van der Waals surface area contributed by atoms with E-state index in [4.69, 9.17) is 14.2 Å². The predicted molar refractivity (Wildman–Crippen MR) is 128 cm³/mol. The number of nitrogens with zero attached hydrogens (tertiary/aromatic N) is 3. The summed E-state index contributed by atoms with van der Waals surface area (Å²) in [5, 5.41) is 5.78. The summed E-state index contributed by atoms with van der Waals surface area (Å²) in [6.07, 6.45) is 2.49. The first-order valence-corrected chi connectivity index (χ1v) is 11.6. The second-order valence-corrected chi connectivity index (χ2v) is 8.01. The number of nitrogens with one attached hydrogen (secondary N) is 2. The quantitative estimate of drug-likeness (QED) is 0.433. The molecule has 1 fully saturated rings. The summed E-state index contributed by atoms with van der Waals surface area (Å²) in [6, 6.07) is 8.45. The fraction of sp³-hybridized carbons (Fsp3) is 0.417. The fourth-order valence-electron chi connectivity index (χ4n) is 3.87. The molecule has 0 radical (unpaired) electrons. The maximum Gasteiger partial charge on any atom is 0.317 e. The number of pyridine rings is 1. The highest BCUT2D eigenvalue weighted by Crippen LogP contribution is 2.33. The molecule has 0 bridgehead atoms. The van der Waals surface area contributed by atoms with Crippen LogP contribution in [0.25, 0.3) is 0 Å². The Morgan fingerprint density at radius 3 is 2.69 bits per heavy atom. The molecule has 0 unspecified atom stereocenters. The number of urea groups is 1. The first-order chi connectivity index (χ1) is 17.0. The van der Waals surface area contributed by atoms with Gasteiger partial charge in [0.2, 0.25) is 6.79 Å². The summed E-state index contributed by atoms with van der Waals surface area (Å²) in [5.41, 5.74) is 1.04. The molecule has 0 aliphatic carbocycles. The Labute approximate surface area is 203 Å². The normalized spacial score (nSPS) is 14.4. The van der Waals surface area contributed by atoms with Gasteiger partial charge in [0, 0.05) is 50.9 Å². The van der Waals surface area contributed by atoms with Crippen LogP contribution in [0.3, 0.4) is 0 Å². The third-order valence-corrected chi connectivity index (χ3v) is 5.68. The molecule has 0 atom stereocenters. The van der Waals surface area contributed by atoms with Gasteiger partial charge in [-0.1, -0.05) is 0 Å². The van der Waals surface area contributed by atoms with Crippen LogP contribution in [-0.2, 0) is 9.53 Å². The van der Waals surface area contributed by atoms with Crippen molar-refractivity contribution in [3.8, 4) is 11.5 Å². The number of fused-ring (bicyclic) bond motifs is 1. The van der Waals surface area contributed by atoms with Crippen molar-refractivity contribution < 1.29 is 28.6 Å². The van der Waals surface area contributed by atoms with E-state index in [0.717, 1.165) is 0 Å². The zero-order valence-corrected chi connectivity index (χ0v) is 19.6. The molecule has 2 aromatic rings. The van der Waals surface area contributed by atoms with E-state index in [-0.39, 0.29) is 31.1 Å². The largest absolute Gasteiger partial charge is 0.466 e. The molecule has 2 N–H and O–H groups in total. The van der Waals surface area contributed by atoms with Gasteiger partial charge in [-0.3, -0.25) is 9.59 Å². The molecule has 1 aromatic carbocycles. The van der Waals surface area contributed by atoms with Crippen molar-refractivity contribution in [1.29, 1.82) is 0 Å². The Balaban J connectivity index is 1.29. The molecule has 2 aliphatic heterocycles. The van der Waals surface area contributed by atoms with Crippen LogP contribution >= 0.6 is 0 Å². The van der Waals surface area contributed by atoms with Crippen molar-refractivity contribution in [2.45, 2.75) is 19.8 Å². The van der Waals surface area contributed by atoms with E-state index in [0.29, 0.717) is 74.3 Å². The number of hydrogen-bond acceptors (Lipinski definition) is 8. The summed E-state index contributed by atoms with van der Waals surface area (Å²) >= 11 is 0. The van der Waals surface area contributed by atoms with Gasteiger partial charge in [-0.05, 0) is 43.7 Å². The topological polar surface area (TPSA) is 122 Å².